The summed E-state index contributed by atoms with van der Waals surface area (Å²) >= 11 is 0. The van der Waals surface area contributed by atoms with Crippen molar-refractivity contribution in [2.75, 3.05) is 26.4 Å². The number of hydrogen-bond acceptors (Lipinski definition) is 6. The molecule has 27 heavy (non-hydrogen) atoms. The summed E-state index contributed by atoms with van der Waals surface area (Å²) in [5, 5.41) is 21.3. The molecule has 0 aromatic carbocycles. The molecule has 0 saturated heterocycles. The van der Waals surface area contributed by atoms with E-state index in [4.69, 9.17) is 20.0 Å². The quantitative estimate of drug-likeness (QED) is 0.270. The SMILES string of the molecule is CC(C)(CCCOCCCOCCCC(C)(C)C(=O)NC#N)C(=O)NC#N. The first kappa shape index (κ1) is 24.8. The summed E-state index contributed by atoms with van der Waals surface area (Å²) in [6.45, 7) is 9.51. The fourth-order valence-electron chi connectivity index (χ4n) is 2.37. The van der Waals surface area contributed by atoms with Crippen LogP contribution >= 0.6 is 0 Å². The number of hydrogen-bond donors (Lipinski definition) is 2. The molecule has 0 bridgehead atoms. The Bertz CT molecular complexity index is 499. The van der Waals surface area contributed by atoms with Gasteiger partial charge in [-0.25, -0.2) is 0 Å². The summed E-state index contributed by atoms with van der Waals surface area (Å²) in [4.78, 5) is 23.3. The van der Waals surface area contributed by atoms with Crippen molar-refractivity contribution in [1.82, 2.24) is 10.6 Å². The normalized spacial score (nSPS) is 11.3. The van der Waals surface area contributed by atoms with Gasteiger partial charge in [0.15, 0.2) is 12.4 Å². The van der Waals surface area contributed by atoms with Crippen LogP contribution in [0.5, 0.6) is 0 Å². The number of ether oxygens (including phenoxy) is 2. The zero-order valence-electron chi connectivity index (χ0n) is 16.9. The van der Waals surface area contributed by atoms with E-state index >= 15 is 0 Å². The predicted molar refractivity (Wildman–Crippen MR) is 99.8 cm³/mol. The highest BCUT2D eigenvalue weighted by Crippen LogP contribution is 2.23. The highest BCUT2D eigenvalue weighted by atomic mass is 16.5. The Morgan fingerprint density at radius 3 is 1.41 bits per heavy atom. The van der Waals surface area contributed by atoms with Crippen LogP contribution in [0.25, 0.3) is 0 Å². The molecule has 152 valence electrons. The van der Waals surface area contributed by atoms with E-state index in [1.165, 1.54) is 0 Å². The van der Waals surface area contributed by atoms with Crippen LogP contribution < -0.4 is 10.6 Å². The van der Waals surface area contributed by atoms with E-state index < -0.39 is 10.8 Å². The lowest BCUT2D eigenvalue weighted by atomic mass is 9.87. The molecule has 0 aliphatic heterocycles. The van der Waals surface area contributed by atoms with Gasteiger partial charge in [0.25, 0.3) is 0 Å². The predicted octanol–water partition coefficient (Wildman–Crippen LogP) is 2.22. The van der Waals surface area contributed by atoms with Gasteiger partial charge in [-0.15, -0.1) is 0 Å². The number of carbonyl (C=O) groups excluding carboxylic acids is 2. The Morgan fingerprint density at radius 1 is 0.741 bits per heavy atom. The van der Waals surface area contributed by atoms with Gasteiger partial charge in [0.05, 0.1) is 0 Å². The number of amides is 2. The van der Waals surface area contributed by atoms with Gasteiger partial charge in [-0.05, 0) is 32.1 Å². The molecule has 8 nitrogen and oxygen atoms in total. The molecule has 0 unspecified atom stereocenters. The number of rotatable bonds is 14. The van der Waals surface area contributed by atoms with Crippen LogP contribution in [0.3, 0.4) is 0 Å². The lowest BCUT2D eigenvalue weighted by Gasteiger charge is -2.21. The van der Waals surface area contributed by atoms with Crippen molar-refractivity contribution in [3.05, 3.63) is 0 Å². The molecule has 0 aliphatic carbocycles. The van der Waals surface area contributed by atoms with E-state index in [0.717, 1.165) is 19.3 Å². The molecular formula is C19H32N4O4. The van der Waals surface area contributed by atoms with Crippen molar-refractivity contribution in [2.24, 2.45) is 10.8 Å². The largest absolute Gasteiger partial charge is 0.381 e. The standard InChI is InChI=1S/C19H32N4O4/c1-18(2,16(24)22-14-20)8-5-10-26-12-7-13-27-11-6-9-19(3,4)17(25)23-15-21/h5-13H2,1-4H3,(H,22,24)(H,23,25). The second-order valence-corrected chi connectivity index (χ2v) is 7.69. The lowest BCUT2D eigenvalue weighted by Crippen LogP contribution is -2.34. The van der Waals surface area contributed by atoms with Gasteiger partial charge in [-0.2, -0.15) is 10.5 Å². The van der Waals surface area contributed by atoms with E-state index in [1.807, 2.05) is 0 Å². The molecule has 0 aromatic rings. The Kier molecular flexibility index (Phi) is 12.0. The zero-order valence-corrected chi connectivity index (χ0v) is 16.9. The average Bonchev–Trinajstić information content (AvgIpc) is 2.59. The maximum Gasteiger partial charge on any atom is 0.238 e. The minimum absolute atomic E-state index is 0.272. The summed E-state index contributed by atoms with van der Waals surface area (Å²) in [5.74, 6) is -0.543. The number of nitrogens with one attached hydrogen (secondary N) is 2. The van der Waals surface area contributed by atoms with Crippen molar-refractivity contribution in [3.8, 4) is 12.4 Å². The van der Waals surface area contributed by atoms with Crippen LogP contribution in [-0.4, -0.2) is 38.2 Å². The maximum atomic E-state index is 11.7. The molecule has 0 aromatic heterocycles. The highest BCUT2D eigenvalue weighted by Gasteiger charge is 2.27. The van der Waals surface area contributed by atoms with Crippen LogP contribution in [-0.2, 0) is 19.1 Å². The summed E-state index contributed by atoms with van der Waals surface area (Å²) in [5.41, 5.74) is -1.17. The molecule has 0 saturated carbocycles. The van der Waals surface area contributed by atoms with E-state index in [0.29, 0.717) is 39.3 Å². The summed E-state index contributed by atoms with van der Waals surface area (Å²) < 4.78 is 11.1. The molecule has 0 atom stereocenters. The van der Waals surface area contributed by atoms with Crippen LogP contribution in [0.2, 0.25) is 0 Å². The Balaban J connectivity index is 3.61. The molecule has 0 spiro atoms. The molecule has 8 heteroatoms. The molecule has 2 N–H and O–H groups in total. The smallest absolute Gasteiger partial charge is 0.238 e. The van der Waals surface area contributed by atoms with Gasteiger partial charge in [-0.3, -0.25) is 20.2 Å². The van der Waals surface area contributed by atoms with Crippen LogP contribution in [0.1, 0.15) is 59.8 Å². The van der Waals surface area contributed by atoms with Crippen LogP contribution in [0.4, 0.5) is 0 Å². The third-order valence-corrected chi connectivity index (χ3v) is 4.33. The first-order valence-corrected chi connectivity index (χ1v) is 9.22. The first-order valence-electron chi connectivity index (χ1n) is 9.22. The molecule has 0 radical (unpaired) electrons. The summed E-state index contributed by atoms with van der Waals surface area (Å²) in [7, 11) is 0. The van der Waals surface area contributed by atoms with E-state index in [1.54, 1.807) is 40.1 Å². The fourth-order valence-corrected chi connectivity index (χ4v) is 2.37. The molecule has 0 fully saturated rings. The second-order valence-electron chi connectivity index (χ2n) is 7.69. The average molecular weight is 380 g/mol. The van der Waals surface area contributed by atoms with Gasteiger partial charge >= 0.3 is 0 Å². The number of carbonyl (C=O) groups is 2. The van der Waals surface area contributed by atoms with E-state index in [9.17, 15) is 9.59 Å². The topological polar surface area (TPSA) is 124 Å². The van der Waals surface area contributed by atoms with Gasteiger partial charge in [0.1, 0.15) is 0 Å². The van der Waals surface area contributed by atoms with Gasteiger partial charge < -0.3 is 9.47 Å². The van der Waals surface area contributed by atoms with Crippen molar-refractivity contribution < 1.29 is 19.1 Å². The van der Waals surface area contributed by atoms with Crippen molar-refractivity contribution in [2.45, 2.75) is 59.8 Å². The van der Waals surface area contributed by atoms with Crippen LogP contribution in [0, 0.1) is 33.7 Å². The Hall–Kier alpha value is -2.16. The monoisotopic (exact) mass is 380 g/mol. The van der Waals surface area contributed by atoms with Gasteiger partial charge in [0, 0.05) is 37.3 Å². The van der Waals surface area contributed by atoms with Crippen LogP contribution in [0.15, 0.2) is 0 Å². The summed E-state index contributed by atoms with van der Waals surface area (Å²) in [6.07, 6.45) is 6.86. The number of nitrogens with zero attached hydrogens (tertiary/aromatic N) is 2. The maximum absolute atomic E-state index is 11.7. The Labute approximate surface area is 162 Å². The molecule has 2 amide bonds. The fraction of sp³-hybridized carbons (Fsp3) is 0.789. The lowest BCUT2D eigenvalue weighted by molar-refractivity contribution is -0.129. The third kappa shape index (κ3) is 11.2. The molecule has 0 rings (SSSR count). The zero-order chi connectivity index (χ0) is 20.8. The second kappa shape index (κ2) is 13.1. The molecular weight excluding hydrogens is 348 g/mol. The van der Waals surface area contributed by atoms with Crippen molar-refractivity contribution in [3.63, 3.8) is 0 Å². The van der Waals surface area contributed by atoms with E-state index in [-0.39, 0.29) is 11.8 Å². The third-order valence-electron chi connectivity index (χ3n) is 4.33. The van der Waals surface area contributed by atoms with Crippen molar-refractivity contribution in [1.29, 1.82) is 10.5 Å². The van der Waals surface area contributed by atoms with Crippen molar-refractivity contribution >= 4 is 11.8 Å². The van der Waals surface area contributed by atoms with Gasteiger partial charge in [-0.1, -0.05) is 27.7 Å². The Morgan fingerprint density at radius 2 is 1.07 bits per heavy atom. The molecule has 0 aliphatic rings. The van der Waals surface area contributed by atoms with E-state index in [2.05, 4.69) is 10.6 Å². The number of nitriles is 2. The van der Waals surface area contributed by atoms with Gasteiger partial charge in [0.2, 0.25) is 11.8 Å². The molecule has 0 heterocycles. The first-order chi connectivity index (χ1) is 12.7. The highest BCUT2D eigenvalue weighted by molar-refractivity contribution is 5.83. The minimum Gasteiger partial charge on any atom is -0.381 e. The minimum atomic E-state index is -0.583. The summed E-state index contributed by atoms with van der Waals surface area (Å²) in [6, 6.07) is 0.